The third-order valence-corrected chi connectivity index (χ3v) is 2.65. The SMILES string of the molecule is COc1cc(C(C)C)ccc1OCCOC(C)C. The van der Waals surface area contributed by atoms with Gasteiger partial charge in [0.25, 0.3) is 0 Å². The number of rotatable bonds is 7. The molecule has 0 fully saturated rings. The molecule has 0 N–H and O–H groups in total. The monoisotopic (exact) mass is 252 g/mol. The first kappa shape index (κ1) is 14.8. The van der Waals surface area contributed by atoms with E-state index in [2.05, 4.69) is 19.9 Å². The lowest BCUT2D eigenvalue weighted by atomic mass is 10.0. The van der Waals surface area contributed by atoms with Crippen LogP contribution in [-0.2, 0) is 4.74 Å². The average Bonchev–Trinajstić information content (AvgIpc) is 2.34. The first-order chi connectivity index (χ1) is 8.54. The molecule has 0 saturated heterocycles. The van der Waals surface area contributed by atoms with Crippen molar-refractivity contribution in [3.63, 3.8) is 0 Å². The van der Waals surface area contributed by atoms with Crippen molar-refractivity contribution in [2.24, 2.45) is 0 Å². The van der Waals surface area contributed by atoms with Gasteiger partial charge in [-0.1, -0.05) is 19.9 Å². The van der Waals surface area contributed by atoms with Gasteiger partial charge in [-0.25, -0.2) is 0 Å². The molecule has 1 rings (SSSR count). The molecule has 0 aromatic heterocycles. The van der Waals surface area contributed by atoms with Crippen molar-refractivity contribution in [3.05, 3.63) is 23.8 Å². The number of methoxy groups -OCH3 is 1. The number of ether oxygens (including phenoxy) is 3. The van der Waals surface area contributed by atoms with Crippen molar-refractivity contribution in [1.82, 2.24) is 0 Å². The van der Waals surface area contributed by atoms with E-state index in [1.54, 1.807) is 7.11 Å². The van der Waals surface area contributed by atoms with E-state index in [1.165, 1.54) is 5.56 Å². The van der Waals surface area contributed by atoms with E-state index in [0.29, 0.717) is 19.1 Å². The maximum atomic E-state index is 5.66. The first-order valence-corrected chi connectivity index (χ1v) is 6.47. The lowest BCUT2D eigenvalue weighted by Crippen LogP contribution is -2.11. The van der Waals surface area contributed by atoms with Gasteiger partial charge in [0, 0.05) is 0 Å². The van der Waals surface area contributed by atoms with Crippen molar-refractivity contribution in [3.8, 4) is 11.5 Å². The summed E-state index contributed by atoms with van der Waals surface area (Å²) < 4.78 is 16.4. The van der Waals surface area contributed by atoms with Crippen LogP contribution in [0.15, 0.2) is 18.2 Å². The molecule has 0 aliphatic rings. The average molecular weight is 252 g/mol. The molecule has 3 nitrogen and oxygen atoms in total. The molecule has 0 saturated carbocycles. The summed E-state index contributed by atoms with van der Waals surface area (Å²) in [6.45, 7) is 9.47. The van der Waals surface area contributed by atoms with Gasteiger partial charge in [-0.3, -0.25) is 0 Å². The molecule has 18 heavy (non-hydrogen) atoms. The molecule has 102 valence electrons. The predicted molar refractivity (Wildman–Crippen MR) is 73.7 cm³/mol. The highest BCUT2D eigenvalue weighted by Gasteiger charge is 2.07. The fourth-order valence-corrected chi connectivity index (χ4v) is 1.60. The van der Waals surface area contributed by atoms with Gasteiger partial charge >= 0.3 is 0 Å². The minimum Gasteiger partial charge on any atom is -0.493 e. The van der Waals surface area contributed by atoms with E-state index in [1.807, 2.05) is 26.0 Å². The summed E-state index contributed by atoms with van der Waals surface area (Å²) in [5.41, 5.74) is 1.25. The molecule has 0 aliphatic carbocycles. The highest BCUT2D eigenvalue weighted by Crippen LogP contribution is 2.30. The molecule has 0 radical (unpaired) electrons. The molecule has 0 spiro atoms. The standard InChI is InChI=1S/C15H24O3/c1-11(2)13-6-7-14(15(10-13)16-5)18-9-8-17-12(3)4/h6-7,10-12H,8-9H2,1-5H3. The van der Waals surface area contributed by atoms with Crippen molar-refractivity contribution in [2.45, 2.75) is 39.7 Å². The minimum atomic E-state index is 0.235. The second-order valence-electron chi connectivity index (χ2n) is 4.83. The van der Waals surface area contributed by atoms with Crippen LogP contribution in [0.5, 0.6) is 11.5 Å². The van der Waals surface area contributed by atoms with Crippen molar-refractivity contribution in [2.75, 3.05) is 20.3 Å². The van der Waals surface area contributed by atoms with E-state index in [0.717, 1.165) is 11.5 Å². The Morgan fingerprint density at radius 1 is 1.00 bits per heavy atom. The Labute approximate surface area is 110 Å². The molecule has 0 amide bonds. The maximum absolute atomic E-state index is 5.66. The fourth-order valence-electron chi connectivity index (χ4n) is 1.60. The Hall–Kier alpha value is -1.22. The molecule has 1 aromatic carbocycles. The first-order valence-electron chi connectivity index (χ1n) is 6.47. The molecule has 0 bridgehead atoms. The number of hydrogen-bond donors (Lipinski definition) is 0. The summed E-state index contributed by atoms with van der Waals surface area (Å²) in [6, 6.07) is 6.07. The number of hydrogen-bond acceptors (Lipinski definition) is 3. The van der Waals surface area contributed by atoms with Crippen molar-refractivity contribution in [1.29, 1.82) is 0 Å². The summed E-state index contributed by atoms with van der Waals surface area (Å²) >= 11 is 0. The van der Waals surface area contributed by atoms with Crippen LogP contribution in [0.3, 0.4) is 0 Å². The van der Waals surface area contributed by atoms with Crippen LogP contribution in [-0.4, -0.2) is 26.4 Å². The summed E-state index contributed by atoms with van der Waals surface area (Å²) in [5, 5.41) is 0. The van der Waals surface area contributed by atoms with E-state index in [9.17, 15) is 0 Å². The zero-order chi connectivity index (χ0) is 13.5. The van der Waals surface area contributed by atoms with E-state index in [-0.39, 0.29) is 6.10 Å². The smallest absolute Gasteiger partial charge is 0.161 e. The van der Waals surface area contributed by atoms with Gasteiger partial charge in [0.2, 0.25) is 0 Å². The van der Waals surface area contributed by atoms with Gasteiger partial charge in [0.15, 0.2) is 11.5 Å². The molecular formula is C15H24O3. The van der Waals surface area contributed by atoms with Gasteiger partial charge < -0.3 is 14.2 Å². The molecule has 3 heteroatoms. The Bertz CT molecular complexity index is 359. The zero-order valence-electron chi connectivity index (χ0n) is 12.0. The normalized spacial score (nSPS) is 11.1. The molecule has 0 unspecified atom stereocenters. The highest BCUT2D eigenvalue weighted by molar-refractivity contribution is 5.43. The summed E-state index contributed by atoms with van der Waals surface area (Å²) in [4.78, 5) is 0. The van der Waals surface area contributed by atoms with E-state index < -0.39 is 0 Å². The second-order valence-corrected chi connectivity index (χ2v) is 4.83. The van der Waals surface area contributed by atoms with Crippen molar-refractivity contribution < 1.29 is 14.2 Å². The largest absolute Gasteiger partial charge is 0.493 e. The van der Waals surface area contributed by atoms with Crippen LogP contribution in [0.4, 0.5) is 0 Å². The molecule has 0 aliphatic heterocycles. The summed E-state index contributed by atoms with van der Waals surface area (Å²) in [5.74, 6) is 2.04. The van der Waals surface area contributed by atoms with E-state index >= 15 is 0 Å². The van der Waals surface area contributed by atoms with Gasteiger partial charge in [-0.05, 0) is 37.5 Å². The Morgan fingerprint density at radius 3 is 2.28 bits per heavy atom. The van der Waals surface area contributed by atoms with Gasteiger partial charge in [0.05, 0.1) is 19.8 Å². The zero-order valence-corrected chi connectivity index (χ0v) is 12.0. The van der Waals surface area contributed by atoms with Crippen LogP contribution in [0.25, 0.3) is 0 Å². The molecular weight excluding hydrogens is 228 g/mol. The number of benzene rings is 1. The van der Waals surface area contributed by atoms with Crippen LogP contribution < -0.4 is 9.47 Å². The van der Waals surface area contributed by atoms with Crippen LogP contribution >= 0.6 is 0 Å². The minimum absolute atomic E-state index is 0.235. The third kappa shape index (κ3) is 4.57. The Morgan fingerprint density at radius 2 is 1.72 bits per heavy atom. The lowest BCUT2D eigenvalue weighted by Gasteiger charge is -2.14. The van der Waals surface area contributed by atoms with Crippen LogP contribution in [0.2, 0.25) is 0 Å². The Kier molecular flexibility index (Phi) is 5.99. The fraction of sp³-hybridized carbons (Fsp3) is 0.600. The van der Waals surface area contributed by atoms with Crippen molar-refractivity contribution >= 4 is 0 Å². The van der Waals surface area contributed by atoms with Gasteiger partial charge in [-0.15, -0.1) is 0 Å². The van der Waals surface area contributed by atoms with Gasteiger partial charge in [0.1, 0.15) is 6.61 Å². The summed E-state index contributed by atoms with van der Waals surface area (Å²) in [6.07, 6.45) is 0.235. The second kappa shape index (κ2) is 7.27. The van der Waals surface area contributed by atoms with Gasteiger partial charge in [-0.2, -0.15) is 0 Å². The Balaban J connectivity index is 2.59. The van der Waals surface area contributed by atoms with Crippen LogP contribution in [0.1, 0.15) is 39.2 Å². The highest BCUT2D eigenvalue weighted by atomic mass is 16.5. The topological polar surface area (TPSA) is 27.7 Å². The lowest BCUT2D eigenvalue weighted by molar-refractivity contribution is 0.0547. The third-order valence-electron chi connectivity index (χ3n) is 2.65. The van der Waals surface area contributed by atoms with E-state index in [4.69, 9.17) is 14.2 Å². The van der Waals surface area contributed by atoms with Crippen LogP contribution in [0, 0.1) is 0 Å². The molecule has 0 atom stereocenters. The predicted octanol–water partition coefficient (Wildman–Crippen LogP) is 3.62. The quantitative estimate of drug-likeness (QED) is 0.694. The maximum Gasteiger partial charge on any atom is 0.161 e. The molecule has 0 heterocycles. The summed E-state index contributed by atoms with van der Waals surface area (Å²) in [7, 11) is 1.66. The molecule has 1 aromatic rings.